The zero-order valence-corrected chi connectivity index (χ0v) is 14.2. The monoisotopic (exact) mass is 369 g/mol. The van der Waals surface area contributed by atoms with Gasteiger partial charge in [-0.2, -0.15) is 0 Å². The van der Waals surface area contributed by atoms with E-state index in [4.69, 9.17) is 11.6 Å². The highest BCUT2D eigenvalue weighted by Crippen LogP contribution is 2.23. The Morgan fingerprint density at radius 2 is 1.95 bits per heavy atom. The van der Waals surface area contributed by atoms with Gasteiger partial charge in [0.2, 0.25) is 0 Å². The lowest BCUT2D eigenvalue weighted by atomic mass is 9.92. The Balaban J connectivity index is 2.13. The predicted molar refractivity (Wildman–Crippen MR) is 90.4 cm³/mol. The lowest BCUT2D eigenvalue weighted by Gasteiger charge is -2.18. The molecule has 0 amide bonds. The van der Waals surface area contributed by atoms with Gasteiger partial charge in [0.05, 0.1) is 0 Å². The van der Waals surface area contributed by atoms with Crippen LogP contribution in [0.4, 0.5) is 4.39 Å². The summed E-state index contributed by atoms with van der Waals surface area (Å²) in [5.41, 5.74) is 2.13. The van der Waals surface area contributed by atoms with E-state index in [1.807, 2.05) is 37.4 Å². The summed E-state index contributed by atoms with van der Waals surface area (Å²) in [7, 11) is 1.93. The van der Waals surface area contributed by atoms with Crippen LogP contribution in [0.25, 0.3) is 0 Å². The molecule has 1 nitrogen and oxygen atoms in total. The first-order valence-electron chi connectivity index (χ1n) is 6.91. The Bertz CT molecular complexity index is 583. The molecular weight excluding hydrogens is 353 g/mol. The van der Waals surface area contributed by atoms with E-state index in [1.165, 1.54) is 6.07 Å². The lowest BCUT2D eigenvalue weighted by Crippen LogP contribution is -2.23. The standard InChI is InChI=1S/C17H18BrClFN/c1-21-11-13(7-14-4-2-3-5-17(14)19)6-12-8-15(18)10-16(20)9-12/h2-5,8-10,13,21H,6-7,11H2,1H3. The molecule has 0 aliphatic heterocycles. The third-order valence-corrected chi connectivity index (χ3v) is 4.23. The van der Waals surface area contributed by atoms with Crippen LogP contribution >= 0.6 is 27.5 Å². The SMILES string of the molecule is CNCC(Cc1cc(F)cc(Br)c1)Cc1ccccc1Cl. The maximum absolute atomic E-state index is 13.5. The topological polar surface area (TPSA) is 12.0 Å². The molecule has 4 heteroatoms. The van der Waals surface area contributed by atoms with Crippen molar-refractivity contribution in [3.8, 4) is 0 Å². The van der Waals surface area contributed by atoms with Gasteiger partial charge in [0.1, 0.15) is 5.82 Å². The summed E-state index contributed by atoms with van der Waals surface area (Å²) in [5.74, 6) is 0.156. The molecule has 0 aliphatic carbocycles. The van der Waals surface area contributed by atoms with Crippen molar-refractivity contribution in [1.82, 2.24) is 5.32 Å². The van der Waals surface area contributed by atoms with Crippen molar-refractivity contribution in [2.75, 3.05) is 13.6 Å². The average molecular weight is 371 g/mol. The Morgan fingerprint density at radius 3 is 2.62 bits per heavy atom. The molecule has 2 aromatic rings. The van der Waals surface area contributed by atoms with E-state index >= 15 is 0 Å². The van der Waals surface area contributed by atoms with Crippen molar-refractivity contribution in [2.24, 2.45) is 5.92 Å². The van der Waals surface area contributed by atoms with Gasteiger partial charge >= 0.3 is 0 Å². The maximum atomic E-state index is 13.5. The summed E-state index contributed by atoms with van der Waals surface area (Å²) >= 11 is 9.58. The first kappa shape index (κ1) is 16.5. The van der Waals surface area contributed by atoms with Crippen LogP contribution in [-0.2, 0) is 12.8 Å². The number of halogens is 3. The van der Waals surface area contributed by atoms with Crippen LogP contribution in [0.2, 0.25) is 5.02 Å². The molecule has 0 radical (unpaired) electrons. The molecule has 0 aliphatic rings. The van der Waals surface area contributed by atoms with Gasteiger partial charge in [0.25, 0.3) is 0 Å². The van der Waals surface area contributed by atoms with Crippen molar-refractivity contribution in [3.05, 3.63) is 68.9 Å². The van der Waals surface area contributed by atoms with E-state index in [9.17, 15) is 4.39 Å². The molecule has 1 unspecified atom stereocenters. The van der Waals surface area contributed by atoms with Gasteiger partial charge in [-0.25, -0.2) is 4.39 Å². The van der Waals surface area contributed by atoms with Crippen LogP contribution in [0.5, 0.6) is 0 Å². The second-order valence-corrected chi connectivity index (χ2v) is 6.52. The fourth-order valence-electron chi connectivity index (χ4n) is 2.54. The number of nitrogens with one attached hydrogen (secondary N) is 1. The molecule has 0 spiro atoms. The van der Waals surface area contributed by atoms with Crippen LogP contribution < -0.4 is 5.32 Å². The van der Waals surface area contributed by atoms with Crippen molar-refractivity contribution < 1.29 is 4.39 Å². The fraction of sp³-hybridized carbons (Fsp3) is 0.294. The van der Waals surface area contributed by atoms with Gasteiger partial charge in [-0.3, -0.25) is 0 Å². The second kappa shape index (κ2) is 7.92. The minimum Gasteiger partial charge on any atom is -0.319 e. The summed E-state index contributed by atoms with van der Waals surface area (Å²) in [6, 6.07) is 12.9. The van der Waals surface area contributed by atoms with Gasteiger partial charge in [0.15, 0.2) is 0 Å². The van der Waals surface area contributed by atoms with Gasteiger partial charge in [-0.1, -0.05) is 45.7 Å². The molecule has 21 heavy (non-hydrogen) atoms. The van der Waals surface area contributed by atoms with Gasteiger partial charge in [0, 0.05) is 9.50 Å². The Labute approximate surface area is 138 Å². The zero-order valence-electron chi connectivity index (χ0n) is 11.9. The number of rotatable bonds is 6. The van der Waals surface area contributed by atoms with E-state index in [2.05, 4.69) is 21.2 Å². The summed E-state index contributed by atoms with van der Waals surface area (Å²) in [5, 5.41) is 4.00. The summed E-state index contributed by atoms with van der Waals surface area (Å²) in [6.45, 7) is 0.860. The lowest BCUT2D eigenvalue weighted by molar-refractivity contribution is 0.491. The van der Waals surface area contributed by atoms with E-state index in [-0.39, 0.29) is 5.82 Å². The van der Waals surface area contributed by atoms with Gasteiger partial charge in [-0.05, 0) is 67.7 Å². The van der Waals surface area contributed by atoms with Crippen molar-refractivity contribution >= 4 is 27.5 Å². The highest BCUT2D eigenvalue weighted by atomic mass is 79.9. The Hall–Kier alpha value is -0.900. The third-order valence-electron chi connectivity index (χ3n) is 3.41. The normalized spacial score (nSPS) is 12.4. The molecule has 1 atom stereocenters. The molecule has 0 fully saturated rings. The van der Waals surface area contributed by atoms with E-state index < -0.39 is 0 Å². The van der Waals surface area contributed by atoms with Crippen LogP contribution in [0.15, 0.2) is 46.9 Å². The Morgan fingerprint density at radius 1 is 1.19 bits per heavy atom. The van der Waals surface area contributed by atoms with E-state index in [0.717, 1.165) is 40.0 Å². The van der Waals surface area contributed by atoms with Crippen LogP contribution in [0.1, 0.15) is 11.1 Å². The quantitative estimate of drug-likeness (QED) is 0.765. The average Bonchev–Trinajstić information content (AvgIpc) is 2.40. The first-order chi connectivity index (χ1) is 10.1. The highest BCUT2D eigenvalue weighted by molar-refractivity contribution is 9.10. The van der Waals surface area contributed by atoms with Crippen molar-refractivity contribution in [3.63, 3.8) is 0 Å². The largest absolute Gasteiger partial charge is 0.319 e. The number of benzene rings is 2. The van der Waals surface area contributed by atoms with Crippen LogP contribution in [-0.4, -0.2) is 13.6 Å². The second-order valence-electron chi connectivity index (χ2n) is 5.20. The van der Waals surface area contributed by atoms with Crippen molar-refractivity contribution in [1.29, 1.82) is 0 Å². The first-order valence-corrected chi connectivity index (χ1v) is 8.08. The smallest absolute Gasteiger partial charge is 0.124 e. The van der Waals surface area contributed by atoms with Gasteiger partial charge < -0.3 is 5.32 Å². The molecule has 1 N–H and O–H groups in total. The van der Waals surface area contributed by atoms with E-state index in [1.54, 1.807) is 6.07 Å². The predicted octanol–water partition coefficient (Wildman–Crippen LogP) is 4.86. The van der Waals surface area contributed by atoms with Crippen LogP contribution in [0, 0.1) is 11.7 Å². The molecule has 112 valence electrons. The maximum Gasteiger partial charge on any atom is 0.124 e. The van der Waals surface area contributed by atoms with Crippen molar-refractivity contribution in [2.45, 2.75) is 12.8 Å². The number of hydrogen-bond donors (Lipinski definition) is 1. The molecular formula is C17H18BrClFN. The van der Waals surface area contributed by atoms with Crippen LogP contribution in [0.3, 0.4) is 0 Å². The summed E-state index contributed by atoms with van der Waals surface area (Å²) in [4.78, 5) is 0. The molecule has 0 aromatic heterocycles. The zero-order chi connectivity index (χ0) is 15.2. The minimum absolute atomic E-state index is 0.208. The third kappa shape index (κ3) is 5.10. The molecule has 0 heterocycles. The molecule has 0 saturated heterocycles. The highest BCUT2D eigenvalue weighted by Gasteiger charge is 2.13. The summed E-state index contributed by atoms with van der Waals surface area (Å²) in [6.07, 6.45) is 1.68. The molecule has 0 saturated carbocycles. The fourth-order valence-corrected chi connectivity index (χ4v) is 3.27. The molecule has 0 bridgehead atoms. The Kier molecular flexibility index (Phi) is 6.22. The molecule has 2 rings (SSSR count). The van der Waals surface area contributed by atoms with E-state index in [0.29, 0.717) is 5.92 Å². The molecule has 2 aromatic carbocycles. The van der Waals surface area contributed by atoms with Gasteiger partial charge in [-0.15, -0.1) is 0 Å². The number of hydrogen-bond acceptors (Lipinski definition) is 1. The summed E-state index contributed by atoms with van der Waals surface area (Å²) < 4.78 is 14.3. The minimum atomic E-state index is -0.208.